The first-order chi connectivity index (χ1) is 9.86. The second-order valence-electron chi connectivity index (χ2n) is 4.32. The lowest BCUT2D eigenvalue weighted by Gasteiger charge is -2.16. The maximum absolute atomic E-state index is 10.8. The molecule has 1 aromatic heterocycles. The number of nitro groups is 1. The van der Waals surface area contributed by atoms with Crippen molar-refractivity contribution in [3.8, 4) is 0 Å². The summed E-state index contributed by atoms with van der Waals surface area (Å²) in [4.78, 5) is 14.3. The van der Waals surface area contributed by atoms with Gasteiger partial charge in [-0.05, 0) is 24.6 Å². The Balaban J connectivity index is 2.27. The molecule has 0 radical (unpaired) electrons. The van der Waals surface area contributed by atoms with E-state index in [2.05, 4.69) is 10.3 Å². The number of hydrogen-bond acceptors (Lipinski definition) is 4. The lowest BCUT2D eigenvalue weighted by molar-refractivity contribution is -0.384. The number of pyridine rings is 1. The predicted molar refractivity (Wildman–Crippen MR) is 84.4 cm³/mol. The Morgan fingerprint density at radius 2 is 1.95 bits per heavy atom. The second kappa shape index (κ2) is 6.47. The van der Waals surface area contributed by atoms with Gasteiger partial charge in [0.2, 0.25) is 0 Å². The van der Waals surface area contributed by atoms with Crippen molar-refractivity contribution in [2.75, 3.05) is 5.32 Å². The summed E-state index contributed by atoms with van der Waals surface area (Å²) in [5, 5.41) is 14.9. The molecule has 21 heavy (non-hydrogen) atoms. The van der Waals surface area contributed by atoms with Crippen molar-refractivity contribution in [2.24, 2.45) is 0 Å². The minimum atomic E-state index is -0.529. The molecule has 0 saturated heterocycles. The highest BCUT2D eigenvalue weighted by Crippen LogP contribution is 2.29. The quantitative estimate of drug-likeness (QED) is 0.474. The zero-order chi connectivity index (χ0) is 15.6. The van der Waals surface area contributed by atoms with Gasteiger partial charge < -0.3 is 5.32 Å². The van der Waals surface area contributed by atoms with E-state index in [0.29, 0.717) is 15.9 Å². The Kier molecular flexibility index (Phi) is 4.88. The van der Waals surface area contributed by atoms with Gasteiger partial charge in [0.05, 0.1) is 23.1 Å². The Bertz CT molecular complexity index is 694. The van der Waals surface area contributed by atoms with E-state index in [1.165, 1.54) is 12.1 Å². The molecular formula is C13H10Cl3N3O2. The van der Waals surface area contributed by atoms with Crippen LogP contribution < -0.4 is 5.32 Å². The standard InChI is InChI=1S/C13H10Cl3N3O2/c1-7(10-3-2-8(14)4-11(10)15)17-13-6-9(19(20)21)5-12(16)18-13/h2-7H,1H3,(H,17,18). The van der Waals surface area contributed by atoms with Crippen molar-refractivity contribution in [2.45, 2.75) is 13.0 Å². The number of nitrogens with zero attached hydrogens (tertiary/aromatic N) is 2. The summed E-state index contributed by atoms with van der Waals surface area (Å²) in [5.74, 6) is 0.299. The number of aromatic nitrogens is 1. The summed E-state index contributed by atoms with van der Waals surface area (Å²) >= 11 is 17.7. The third kappa shape index (κ3) is 3.97. The molecule has 1 aromatic carbocycles. The summed E-state index contributed by atoms with van der Waals surface area (Å²) in [6.07, 6.45) is 0. The number of benzene rings is 1. The van der Waals surface area contributed by atoms with Crippen LogP contribution in [0, 0.1) is 10.1 Å². The summed E-state index contributed by atoms with van der Waals surface area (Å²) < 4.78 is 0. The first-order valence-corrected chi connectivity index (χ1v) is 7.03. The van der Waals surface area contributed by atoms with E-state index in [4.69, 9.17) is 34.8 Å². The third-order valence-electron chi connectivity index (χ3n) is 2.78. The van der Waals surface area contributed by atoms with Gasteiger partial charge in [0, 0.05) is 10.0 Å². The van der Waals surface area contributed by atoms with Crippen LogP contribution in [0.5, 0.6) is 0 Å². The molecule has 1 atom stereocenters. The average molecular weight is 347 g/mol. The van der Waals surface area contributed by atoms with E-state index >= 15 is 0 Å². The van der Waals surface area contributed by atoms with Crippen molar-refractivity contribution < 1.29 is 4.92 Å². The van der Waals surface area contributed by atoms with Crippen LogP contribution in [-0.2, 0) is 0 Å². The lowest BCUT2D eigenvalue weighted by atomic mass is 10.1. The third-order valence-corrected chi connectivity index (χ3v) is 3.54. The molecule has 1 N–H and O–H groups in total. The highest BCUT2D eigenvalue weighted by Gasteiger charge is 2.14. The topological polar surface area (TPSA) is 68.1 Å². The molecule has 0 amide bonds. The van der Waals surface area contributed by atoms with Gasteiger partial charge in [0.15, 0.2) is 0 Å². The molecular weight excluding hydrogens is 337 g/mol. The zero-order valence-corrected chi connectivity index (χ0v) is 13.1. The van der Waals surface area contributed by atoms with Gasteiger partial charge in [-0.25, -0.2) is 4.98 Å². The molecule has 0 bridgehead atoms. The van der Waals surface area contributed by atoms with Gasteiger partial charge in [-0.15, -0.1) is 0 Å². The number of nitrogens with one attached hydrogen (secondary N) is 1. The summed E-state index contributed by atoms with van der Waals surface area (Å²) in [7, 11) is 0. The van der Waals surface area contributed by atoms with Crippen molar-refractivity contribution in [1.82, 2.24) is 4.98 Å². The van der Waals surface area contributed by atoms with Gasteiger partial charge in [0.1, 0.15) is 11.0 Å². The number of hydrogen-bond donors (Lipinski definition) is 1. The van der Waals surface area contributed by atoms with E-state index in [1.807, 2.05) is 6.92 Å². The monoisotopic (exact) mass is 345 g/mol. The summed E-state index contributed by atoms with van der Waals surface area (Å²) in [5.41, 5.74) is 0.664. The van der Waals surface area contributed by atoms with Crippen molar-refractivity contribution >= 4 is 46.3 Å². The molecule has 2 rings (SSSR count). The van der Waals surface area contributed by atoms with Crippen molar-refractivity contribution in [1.29, 1.82) is 0 Å². The minimum absolute atomic E-state index is 0.0427. The fourth-order valence-electron chi connectivity index (χ4n) is 1.81. The molecule has 0 aliphatic heterocycles. The molecule has 0 fully saturated rings. The highest BCUT2D eigenvalue weighted by atomic mass is 35.5. The normalized spacial score (nSPS) is 12.0. The van der Waals surface area contributed by atoms with Crippen LogP contribution in [0.3, 0.4) is 0 Å². The molecule has 110 valence electrons. The molecule has 2 aromatic rings. The predicted octanol–water partition coefficient (Wildman–Crippen LogP) is 5.12. The van der Waals surface area contributed by atoms with Crippen molar-refractivity contribution in [3.63, 3.8) is 0 Å². The lowest BCUT2D eigenvalue weighted by Crippen LogP contribution is -2.09. The van der Waals surface area contributed by atoms with Crippen LogP contribution >= 0.6 is 34.8 Å². The van der Waals surface area contributed by atoms with E-state index in [9.17, 15) is 10.1 Å². The maximum atomic E-state index is 10.8. The van der Waals surface area contributed by atoms with E-state index in [0.717, 1.165) is 5.56 Å². The van der Waals surface area contributed by atoms with Crippen LogP contribution in [0.4, 0.5) is 11.5 Å². The van der Waals surface area contributed by atoms with Crippen LogP contribution in [0.1, 0.15) is 18.5 Å². The first kappa shape index (κ1) is 15.8. The Hall–Kier alpha value is -1.56. The average Bonchev–Trinajstić information content (AvgIpc) is 2.37. The molecule has 0 spiro atoms. The Morgan fingerprint density at radius 1 is 1.24 bits per heavy atom. The molecule has 5 nitrogen and oxygen atoms in total. The molecule has 0 aliphatic carbocycles. The molecule has 1 heterocycles. The minimum Gasteiger partial charge on any atom is -0.363 e. The number of rotatable bonds is 4. The van der Waals surface area contributed by atoms with Crippen LogP contribution in [0.15, 0.2) is 30.3 Å². The molecule has 8 heteroatoms. The van der Waals surface area contributed by atoms with Gasteiger partial charge in [-0.1, -0.05) is 40.9 Å². The smallest absolute Gasteiger partial charge is 0.276 e. The molecule has 0 aliphatic rings. The zero-order valence-electron chi connectivity index (χ0n) is 10.8. The Labute approximate surface area is 136 Å². The van der Waals surface area contributed by atoms with E-state index in [1.54, 1.807) is 18.2 Å². The van der Waals surface area contributed by atoms with Crippen LogP contribution in [0.25, 0.3) is 0 Å². The summed E-state index contributed by atoms with van der Waals surface area (Å²) in [6.45, 7) is 1.85. The molecule has 1 unspecified atom stereocenters. The fourth-order valence-corrected chi connectivity index (χ4v) is 2.59. The van der Waals surface area contributed by atoms with Gasteiger partial charge >= 0.3 is 0 Å². The number of anilines is 1. The second-order valence-corrected chi connectivity index (χ2v) is 5.55. The van der Waals surface area contributed by atoms with E-state index < -0.39 is 4.92 Å². The fraction of sp³-hybridized carbons (Fsp3) is 0.154. The SMILES string of the molecule is CC(Nc1cc([N+](=O)[O-])cc(Cl)n1)c1ccc(Cl)cc1Cl. The first-order valence-electron chi connectivity index (χ1n) is 5.90. The number of halogens is 3. The highest BCUT2D eigenvalue weighted by molar-refractivity contribution is 6.35. The van der Waals surface area contributed by atoms with Crippen molar-refractivity contribution in [3.05, 3.63) is 61.2 Å². The van der Waals surface area contributed by atoms with Crippen LogP contribution in [0.2, 0.25) is 15.2 Å². The maximum Gasteiger partial charge on any atom is 0.276 e. The van der Waals surface area contributed by atoms with Gasteiger partial charge in [0.25, 0.3) is 5.69 Å². The van der Waals surface area contributed by atoms with Crippen LogP contribution in [-0.4, -0.2) is 9.91 Å². The van der Waals surface area contributed by atoms with Gasteiger partial charge in [-0.2, -0.15) is 0 Å². The van der Waals surface area contributed by atoms with Gasteiger partial charge in [-0.3, -0.25) is 10.1 Å². The largest absolute Gasteiger partial charge is 0.363 e. The Morgan fingerprint density at radius 3 is 2.57 bits per heavy atom. The summed E-state index contributed by atoms with van der Waals surface area (Å²) in [6, 6.07) is 7.40. The van der Waals surface area contributed by atoms with E-state index in [-0.39, 0.29) is 16.9 Å². The molecule has 0 saturated carbocycles.